The molecule has 21 heavy (non-hydrogen) atoms. The molecule has 0 aliphatic carbocycles. The molecule has 0 radical (unpaired) electrons. The predicted octanol–water partition coefficient (Wildman–Crippen LogP) is 3.00. The lowest BCUT2D eigenvalue weighted by atomic mass is 10.2. The van der Waals surface area contributed by atoms with Crippen LogP contribution in [-0.4, -0.2) is 15.8 Å². The van der Waals surface area contributed by atoms with Crippen molar-refractivity contribution in [2.45, 2.75) is 40.3 Å². The molecule has 0 saturated carbocycles. The van der Waals surface area contributed by atoms with Crippen LogP contribution in [0.4, 0.5) is 0 Å². The zero-order valence-corrected chi connectivity index (χ0v) is 13.5. The second-order valence-corrected chi connectivity index (χ2v) is 5.84. The summed E-state index contributed by atoms with van der Waals surface area (Å²) in [5.74, 6) is 0. The number of rotatable bonds is 4. The summed E-state index contributed by atoms with van der Waals surface area (Å²) < 4.78 is 1.78. The number of benzene rings is 1. The number of aromatic nitrogens is 2. The lowest BCUT2D eigenvalue weighted by Gasteiger charge is -2.15. The molecule has 0 spiro atoms. The van der Waals surface area contributed by atoms with Crippen molar-refractivity contribution < 1.29 is 0 Å². The van der Waals surface area contributed by atoms with Crippen LogP contribution in [0, 0.1) is 13.8 Å². The first-order valence-corrected chi connectivity index (χ1v) is 7.36. The molecule has 2 aromatic rings. The van der Waals surface area contributed by atoms with E-state index in [2.05, 4.69) is 10.4 Å². The molecule has 1 heterocycles. The standard InChI is InChI=1S/C16H20ClN3O/c1-10(2)18-9-14-16(21)8-11(3)20(19-14)15-7-5-6-13(17)12(15)4/h5-8,10,18H,9H2,1-4H3. The second-order valence-electron chi connectivity index (χ2n) is 5.43. The maximum atomic E-state index is 12.0. The van der Waals surface area contributed by atoms with E-state index in [9.17, 15) is 4.79 Å². The molecule has 0 fully saturated rings. The first-order valence-electron chi connectivity index (χ1n) is 6.99. The van der Waals surface area contributed by atoms with Crippen molar-refractivity contribution in [1.29, 1.82) is 0 Å². The lowest BCUT2D eigenvalue weighted by Crippen LogP contribution is -2.28. The fraction of sp³-hybridized carbons (Fsp3) is 0.375. The smallest absolute Gasteiger partial charge is 0.204 e. The molecule has 2 rings (SSSR count). The molecule has 0 aliphatic heterocycles. The average Bonchev–Trinajstić information content (AvgIpc) is 2.41. The summed E-state index contributed by atoms with van der Waals surface area (Å²) >= 11 is 6.17. The monoisotopic (exact) mass is 305 g/mol. The molecular weight excluding hydrogens is 286 g/mol. The molecule has 0 aliphatic rings. The Morgan fingerprint density at radius 2 is 2.05 bits per heavy atom. The van der Waals surface area contributed by atoms with Crippen LogP contribution in [0.1, 0.15) is 30.8 Å². The molecule has 1 aromatic carbocycles. The average molecular weight is 306 g/mol. The lowest BCUT2D eigenvalue weighted by molar-refractivity contribution is 0.568. The predicted molar refractivity (Wildman–Crippen MR) is 86.3 cm³/mol. The fourth-order valence-corrected chi connectivity index (χ4v) is 2.25. The van der Waals surface area contributed by atoms with Crippen LogP contribution in [-0.2, 0) is 6.54 Å². The summed E-state index contributed by atoms with van der Waals surface area (Å²) in [5.41, 5.74) is 3.09. The SMILES string of the molecule is Cc1c(Cl)cccc1-n1nc(CNC(C)C)c(=O)cc1C. The summed E-state index contributed by atoms with van der Waals surface area (Å²) in [4.78, 5) is 12.0. The van der Waals surface area contributed by atoms with Gasteiger partial charge in [-0.2, -0.15) is 5.10 Å². The Hall–Kier alpha value is -1.65. The van der Waals surface area contributed by atoms with Crippen LogP contribution in [0.5, 0.6) is 0 Å². The quantitative estimate of drug-likeness (QED) is 0.944. The number of nitrogens with one attached hydrogen (secondary N) is 1. The van der Waals surface area contributed by atoms with E-state index in [1.807, 2.05) is 45.9 Å². The minimum atomic E-state index is -0.0448. The van der Waals surface area contributed by atoms with E-state index in [0.29, 0.717) is 23.3 Å². The van der Waals surface area contributed by atoms with Gasteiger partial charge in [0.1, 0.15) is 5.69 Å². The Morgan fingerprint density at radius 1 is 1.33 bits per heavy atom. The van der Waals surface area contributed by atoms with Gasteiger partial charge in [-0.25, -0.2) is 4.68 Å². The molecule has 0 saturated heterocycles. The largest absolute Gasteiger partial charge is 0.309 e. The van der Waals surface area contributed by atoms with Crippen molar-refractivity contribution in [3.05, 3.63) is 56.5 Å². The summed E-state index contributed by atoms with van der Waals surface area (Å²) in [7, 11) is 0. The van der Waals surface area contributed by atoms with Crippen molar-refractivity contribution in [3.8, 4) is 5.69 Å². The molecule has 0 amide bonds. The summed E-state index contributed by atoms with van der Waals surface area (Å²) in [5, 5.41) is 8.41. The highest BCUT2D eigenvalue weighted by atomic mass is 35.5. The van der Waals surface area contributed by atoms with Gasteiger partial charge in [-0.3, -0.25) is 4.79 Å². The Bertz CT molecular complexity index is 707. The third-order valence-corrected chi connectivity index (χ3v) is 3.73. The van der Waals surface area contributed by atoms with Gasteiger partial charge in [-0.15, -0.1) is 0 Å². The van der Waals surface area contributed by atoms with Crippen LogP contribution in [0.25, 0.3) is 5.69 Å². The number of nitrogens with zero attached hydrogens (tertiary/aromatic N) is 2. The number of aryl methyl sites for hydroxylation is 1. The van der Waals surface area contributed by atoms with Crippen molar-refractivity contribution >= 4 is 11.6 Å². The normalized spacial score (nSPS) is 11.1. The molecule has 0 atom stereocenters. The summed E-state index contributed by atoms with van der Waals surface area (Å²) in [6.07, 6.45) is 0. The Labute approximate surface area is 129 Å². The van der Waals surface area contributed by atoms with Gasteiger partial charge in [0.25, 0.3) is 0 Å². The Kier molecular flexibility index (Phi) is 4.80. The van der Waals surface area contributed by atoms with E-state index in [4.69, 9.17) is 11.6 Å². The summed E-state index contributed by atoms with van der Waals surface area (Å²) in [6.45, 7) is 8.34. The Morgan fingerprint density at radius 3 is 2.71 bits per heavy atom. The number of hydrogen-bond donors (Lipinski definition) is 1. The van der Waals surface area contributed by atoms with E-state index < -0.39 is 0 Å². The van der Waals surface area contributed by atoms with E-state index in [-0.39, 0.29) is 5.43 Å². The van der Waals surface area contributed by atoms with Crippen LogP contribution >= 0.6 is 11.6 Å². The molecule has 0 bridgehead atoms. The van der Waals surface area contributed by atoms with Crippen molar-refractivity contribution in [3.63, 3.8) is 0 Å². The highest BCUT2D eigenvalue weighted by Gasteiger charge is 2.11. The molecule has 112 valence electrons. The first-order chi connectivity index (χ1) is 9.90. The second kappa shape index (κ2) is 6.41. The van der Waals surface area contributed by atoms with Gasteiger partial charge >= 0.3 is 0 Å². The number of hydrogen-bond acceptors (Lipinski definition) is 3. The first kappa shape index (κ1) is 15.7. The highest BCUT2D eigenvalue weighted by Crippen LogP contribution is 2.22. The maximum absolute atomic E-state index is 12.0. The summed E-state index contributed by atoms with van der Waals surface area (Å²) in [6, 6.07) is 7.60. The zero-order valence-electron chi connectivity index (χ0n) is 12.8. The van der Waals surface area contributed by atoms with Gasteiger partial charge in [0.15, 0.2) is 0 Å². The molecule has 0 unspecified atom stereocenters. The van der Waals surface area contributed by atoms with Crippen molar-refractivity contribution in [2.75, 3.05) is 0 Å². The Balaban J connectivity index is 2.51. The van der Waals surface area contributed by atoms with Crippen LogP contribution in [0.2, 0.25) is 5.02 Å². The van der Waals surface area contributed by atoms with Crippen LogP contribution < -0.4 is 10.7 Å². The molecule has 4 nitrogen and oxygen atoms in total. The maximum Gasteiger partial charge on any atom is 0.204 e. The van der Waals surface area contributed by atoms with Gasteiger partial charge in [-0.05, 0) is 31.5 Å². The van der Waals surface area contributed by atoms with Gasteiger partial charge in [0.2, 0.25) is 5.43 Å². The van der Waals surface area contributed by atoms with Crippen molar-refractivity contribution in [2.24, 2.45) is 0 Å². The van der Waals surface area contributed by atoms with Gasteiger partial charge in [0, 0.05) is 29.4 Å². The van der Waals surface area contributed by atoms with Crippen LogP contribution in [0.3, 0.4) is 0 Å². The zero-order chi connectivity index (χ0) is 15.6. The van der Waals surface area contributed by atoms with Gasteiger partial charge in [-0.1, -0.05) is 31.5 Å². The highest BCUT2D eigenvalue weighted by molar-refractivity contribution is 6.31. The molecule has 1 N–H and O–H groups in total. The van der Waals surface area contributed by atoms with Gasteiger partial charge in [0.05, 0.1) is 5.69 Å². The molecule has 5 heteroatoms. The molecular formula is C16H20ClN3O. The minimum Gasteiger partial charge on any atom is -0.309 e. The topological polar surface area (TPSA) is 46.9 Å². The van der Waals surface area contributed by atoms with E-state index >= 15 is 0 Å². The van der Waals surface area contributed by atoms with Crippen molar-refractivity contribution in [1.82, 2.24) is 15.1 Å². The minimum absolute atomic E-state index is 0.0448. The number of halogens is 1. The van der Waals surface area contributed by atoms with Gasteiger partial charge < -0.3 is 5.32 Å². The van der Waals surface area contributed by atoms with E-state index in [0.717, 1.165) is 16.9 Å². The van der Waals surface area contributed by atoms with E-state index in [1.54, 1.807) is 10.7 Å². The molecule has 1 aromatic heterocycles. The van der Waals surface area contributed by atoms with E-state index in [1.165, 1.54) is 0 Å². The van der Waals surface area contributed by atoms with Crippen LogP contribution in [0.15, 0.2) is 29.1 Å². The third kappa shape index (κ3) is 3.52. The third-order valence-electron chi connectivity index (χ3n) is 3.32. The fourth-order valence-electron chi connectivity index (χ4n) is 2.08.